The van der Waals surface area contributed by atoms with Crippen LogP contribution in [0.5, 0.6) is 0 Å². The van der Waals surface area contributed by atoms with E-state index in [9.17, 15) is 14.4 Å². The maximum atomic E-state index is 13.1. The van der Waals surface area contributed by atoms with Gasteiger partial charge in [-0.2, -0.15) is 5.10 Å². The van der Waals surface area contributed by atoms with E-state index in [-0.39, 0.29) is 36.1 Å². The summed E-state index contributed by atoms with van der Waals surface area (Å²) in [5.74, 6) is -0.123. The summed E-state index contributed by atoms with van der Waals surface area (Å²) in [6, 6.07) is 7.11. The van der Waals surface area contributed by atoms with E-state index in [0.29, 0.717) is 50.5 Å². The van der Waals surface area contributed by atoms with E-state index in [1.165, 1.54) is 0 Å². The quantitative estimate of drug-likeness (QED) is 0.753. The first-order valence-electron chi connectivity index (χ1n) is 11.2. The van der Waals surface area contributed by atoms with Gasteiger partial charge in [-0.1, -0.05) is 18.2 Å². The highest BCUT2D eigenvalue weighted by molar-refractivity contribution is 5.99. The van der Waals surface area contributed by atoms with Crippen LogP contribution in [-0.2, 0) is 9.53 Å². The first-order valence-corrected chi connectivity index (χ1v) is 11.2. The topological polar surface area (TPSA) is 108 Å². The Labute approximate surface area is 186 Å². The van der Waals surface area contributed by atoms with E-state index in [1.54, 1.807) is 17.2 Å². The number of carbonyl (C=O) groups is 3. The first-order chi connectivity index (χ1) is 15.6. The molecule has 1 aromatic carbocycles. The molecule has 2 saturated heterocycles. The average Bonchev–Trinajstić information content (AvgIpc) is 3.45. The predicted octanol–water partition coefficient (Wildman–Crippen LogP) is 1.46. The fraction of sp³-hybridized carbons (Fsp3) is 0.478. The molecule has 3 aliphatic heterocycles. The molecular formula is C23H27N5O4. The predicted molar refractivity (Wildman–Crippen MR) is 115 cm³/mol. The number of ether oxygens (including phenoxy) is 1. The lowest BCUT2D eigenvalue weighted by Gasteiger charge is -2.34. The fourth-order valence-electron chi connectivity index (χ4n) is 4.94. The van der Waals surface area contributed by atoms with Gasteiger partial charge < -0.3 is 19.9 Å². The maximum Gasteiger partial charge on any atom is 0.257 e. The van der Waals surface area contributed by atoms with Gasteiger partial charge in [0.1, 0.15) is 0 Å². The summed E-state index contributed by atoms with van der Waals surface area (Å²) in [6.45, 7) is 3.46. The van der Waals surface area contributed by atoms with Crippen molar-refractivity contribution in [2.24, 2.45) is 0 Å². The summed E-state index contributed by atoms with van der Waals surface area (Å²) < 4.78 is 5.35. The molecule has 0 spiro atoms. The molecule has 2 atom stereocenters. The molecule has 32 heavy (non-hydrogen) atoms. The van der Waals surface area contributed by atoms with Crippen molar-refractivity contribution in [3.8, 4) is 0 Å². The minimum Gasteiger partial charge on any atom is -0.378 e. The van der Waals surface area contributed by atoms with Crippen molar-refractivity contribution < 1.29 is 19.1 Å². The Hall–Kier alpha value is -3.20. The average molecular weight is 438 g/mol. The number of piperidine rings is 1. The molecule has 4 heterocycles. The van der Waals surface area contributed by atoms with Crippen molar-refractivity contribution in [1.29, 1.82) is 0 Å². The maximum absolute atomic E-state index is 13.1. The molecule has 0 radical (unpaired) electrons. The number of amides is 3. The number of hydrogen-bond donors (Lipinski definition) is 2. The zero-order chi connectivity index (χ0) is 22.1. The Morgan fingerprint density at radius 3 is 2.78 bits per heavy atom. The summed E-state index contributed by atoms with van der Waals surface area (Å²) >= 11 is 0. The minimum absolute atomic E-state index is 0.0114. The number of nitrogens with one attached hydrogen (secondary N) is 2. The molecule has 168 valence electrons. The third-order valence-electron chi connectivity index (χ3n) is 6.64. The van der Waals surface area contributed by atoms with Crippen LogP contribution in [0.3, 0.4) is 0 Å². The number of hydrogen-bond acceptors (Lipinski definition) is 5. The molecule has 3 amide bonds. The van der Waals surface area contributed by atoms with Gasteiger partial charge in [-0.15, -0.1) is 0 Å². The molecule has 1 aromatic heterocycles. The number of H-pyrrole nitrogens is 1. The molecule has 0 unspecified atom stereocenters. The summed E-state index contributed by atoms with van der Waals surface area (Å²) in [6.07, 6.45) is 3.57. The lowest BCUT2D eigenvalue weighted by molar-refractivity contribution is -0.132. The summed E-state index contributed by atoms with van der Waals surface area (Å²) in [5, 5.41) is 10.1. The van der Waals surface area contributed by atoms with Gasteiger partial charge in [0.2, 0.25) is 5.91 Å². The Morgan fingerprint density at radius 2 is 1.94 bits per heavy atom. The molecule has 0 bridgehead atoms. The van der Waals surface area contributed by atoms with Gasteiger partial charge in [0.05, 0.1) is 43.1 Å². The van der Waals surface area contributed by atoms with Gasteiger partial charge in [-0.3, -0.25) is 19.5 Å². The van der Waals surface area contributed by atoms with Crippen LogP contribution in [0.15, 0.2) is 30.5 Å². The third-order valence-corrected chi connectivity index (χ3v) is 6.64. The second-order valence-electron chi connectivity index (χ2n) is 8.60. The number of aromatic nitrogens is 2. The summed E-state index contributed by atoms with van der Waals surface area (Å²) in [4.78, 5) is 41.9. The van der Waals surface area contributed by atoms with E-state index in [0.717, 1.165) is 24.1 Å². The van der Waals surface area contributed by atoms with Crippen LogP contribution in [0.25, 0.3) is 0 Å². The SMILES string of the molecule is O=C1N[C@H](CC(=O)N2CCC[C@@H](c3[nH]ncc3C(=O)N3CCOCC3)C2)c2ccccc21. The van der Waals surface area contributed by atoms with Crippen LogP contribution < -0.4 is 5.32 Å². The summed E-state index contributed by atoms with van der Waals surface area (Å²) in [7, 11) is 0. The highest BCUT2D eigenvalue weighted by Gasteiger charge is 2.34. The van der Waals surface area contributed by atoms with Crippen LogP contribution in [0.2, 0.25) is 0 Å². The standard InChI is InChI=1S/C23H27N5O4/c29-20(12-19-16-5-1-2-6-17(16)22(30)25-19)28-7-3-4-15(14-28)21-18(13-24-26-21)23(31)27-8-10-32-11-9-27/h1-2,5-6,13,15,19H,3-4,7-12,14H2,(H,24,26)(H,25,30)/t15-,19-/m1/s1. The van der Waals surface area contributed by atoms with Crippen LogP contribution in [0.4, 0.5) is 0 Å². The number of rotatable bonds is 4. The smallest absolute Gasteiger partial charge is 0.257 e. The Bertz CT molecular complexity index is 1030. The largest absolute Gasteiger partial charge is 0.378 e. The number of benzene rings is 1. The highest BCUT2D eigenvalue weighted by Crippen LogP contribution is 2.31. The third kappa shape index (κ3) is 3.88. The van der Waals surface area contributed by atoms with Gasteiger partial charge in [0.25, 0.3) is 11.8 Å². The lowest BCUT2D eigenvalue weighted by atomic mass is 9.91. The molecule has 9 heteroatoms. The van der Waals surface area contributed by atoms with E-state index in [1.807, 2.05) is 23.1 Å². The first kappa shape index (κ1) is 20.7. The van der Waals surface area contributed by atoms with E-state index >= 15 is 0 Å². The Kier molecular flexibility index (Phi) is 5.65. The van der Waals surface area contributed by atoms with E-state index in [2.05, 4.69) is 15.5 Å². The zero-order valence-electron chi connectivity index (χ0n) is 17.9. The van der Waals surface area contributed by atoms with Crippen molar-refractivity contribution >= 4 is 17.7 Å². The van der Waals surface area contributed by atoms with Gasteiger partial charge >= 0.3 is 0 Å². The van der Waals surface area contributed by atoms with Crippen LogP contribution in [0, 0.1) is 0 Å². The van der Waals surface area contributed by atoms with Gasteiger partial charge in [0.15, 0.2) is 0 Å². The van der Waals surface area contributed by atoms with Crippen LogP contribution in [0.1, 0.15) is 63.2 Å². The number of nitrogens with zero attached hydrogens (tertiary/aromatic N) is 3. The van der Waals surface area contributed by atoms with E-state index in [4.69, 9.17) is 4.74 Å². The number of likely N-dealkylation sites (tertiary alicyclic amines) is 1. The van der Waals surface area contributed by atoms with Crippen molar-refractivity contribution in [3.05, 3.63) is 52.8 Å². The normalized spacial score (nSPS) is 23.1. The Balaban J connectivity index is 1.27. The molecule has 2 aromatic rings. The van der Waals surface area contributed by atoms with Gasteiger partial charge in [0, 0.05) is 37.7 Å². The molecule has 0 aliphatic carbocycles. The van der Waals surface area contributed by atoms with Crippen LogP contribution >= 0.6 is 0 Å². The zero-order valence-corrected chi connectivity index (χ0v) is 17.9. The van der Waals surface area contributed by atoms with Crippen molar-refractivity contribution in [3.63, 3.8) is 0 Å². The number of aromatic amines is 1. The molecule has 2 N–H and O–H groups in total. The molecular weight excluding hydrogens is 410 g/mol. The van der Waals surface area contributed by atoms with Crippen LogP contribution in [-0.4, -0.2) is 77.1 Å². The monoisotopic (exact) mass is 437 g/mol. The molecule has 3 aliphatic rings. The molecule has 9 nitrogen and oxygen atoms in total. The minimum atomic E-state index is -0.294. The lowest BCUT2D eigenvalue weighted by Crippen LogP contribution is -2.42. The fourth-order valence-corrected chi connectivity index (χ4v) is 4.94. The molecule has 5 rings (SSSR count). The van der Waals surface area contributed by atoms with E-state index < -0.39 is 0 Å². The summed E-state index contributed by atoms with van der Waals surface area (Å²) in [5.41, 5.74) is 2.92. The number of morpholine rings is 1. The molecule has 0 saturated carbocycles. The highest BCUT2D eigenvalue weighted by atomic mass is 16.5. The Morgan fingerprint density at radius 1 is 1.12 bits per heavy atom. The van der Waals surface area contributed by atoms with Crippen molar-refractivity contribution in [2.75, 3.05) is 39.4 Å². The number of carbonyl (C=O) groups excluding carboxylic acids is 3. The van der Waals surface area contributed by atoms with Gasteiger partial charge in [-0.25, -0.2) is 0 Å². The van der Waals surface area contributed by atoms with Gasteiger partial charge in [-0.05, 0) is 24.5 Å². The van der Waals surface area contributed by atoms with Crippen molar-refractivity contribution in [2.45, 2.75) is 31.2 Å². The number of fused-ring (bicyclic) bond motifs is 1. The second kappa shape index (κ2) is 8.74. The van der Waals surface area contributed by atoms with Crippen molar-refractivity contribution in [1.82, 2.24) is 25.3 Å². The second-order valence-corrected chi connectivity index (χ2v) is 8.60. The molecule has 2 fully saturated rings.